The molecule has 0 N–H and O–H groups in total. The van der Waals surface area contributed by atoms with Crippen LogP contribution in [-0.4, -0.2) is 13.2 Å². The molecule has 3 aromatic carbocycles. The lowest BCUT2D eigenvalue weighted by atomic mass is 9.78. The van der Waals surface area contributed by atoms with Gasteiger partial charge in [0, 0.05) is 0 Å². The Hall–Kier alpha value is -2.48. The lowest BCUT2D eigenvalue weighted by Gasteiger charge is -2.28. The van der Waals surface area contributed by atoms with E-state index in [1.54, 1.807) is 0 Å². The highest BCUT2D eigenvalue weighted by Crippen LogP contribution is 2.37. The van der Waals surface area contributed by atoms with Gasteiger partial charge < -0.3 is 9.47 Å². The van der Waals surface area contributed by atoms with Crippen molar-refractivity contribution in [1.82, 2.24) is 0 Å². The molecule has 2 nitrogen and oxygen atoms in total. The zero-order valence-electron chi connectivity index (χ0n) is 17.6. The maximum atomic E-state index is 5.79. The normalized spacial score (nSPS) is 14.3. The van der Waals surface area contributed by atoms with Crippen LogP contribution in [0.25, 0.3) is 10.8 Å². The van der Waals surface area contributed by atoms with Crippen LogP contribution in [-0.2, 0) is 17.3 Å². The van der Waals surface area contributed by atoms with E-state index >= 15 is 0 Å². The molecule has 2 heteroatoms. The summed E-state index contributed by atoms with van der Waals surface area (Å²) in [7, 11) is 0. The van der Waals surface area contributed by atoms with Gasteiger partial charge in [0.25, 0.3) is 0 Å². The van der Waals surface area contributed by atoms with Crippen LogP contribution in [0, 0.1) is 0 Å². The van der Waals surface area contributed by atoms with Crippen LogP contribution in [0.3, 0.4) is 0 Å². The molecule has 0 spiro atoms. The van der Waals surface area contributed by atoms with Crippen molar-refractivity contribution in [2.45, 2.75) is 51.9 Å². The van der Waals surface area contributed by atoms with Gasteiger partial charge in [0.1, 0.15) is 13.2 Å². The highest BCUT2D eigenvalue weighted by Gasteiger charge is 2.24. The number of hydrogen-bond acceptors (Lipinski definition) is 2. The average Bonchev–Trinajstić information content (AvgIpc) is 2.66. The molecule has 0 unspecified atom stereocenters. The molecule has 0 saturated heterocycles. The molecule has 0 aliphatic carbocycles. The maximum Gasteiger partial charge on any atom is 0.161 e. The van der Waals surface area contributed by atoms with E-state index in [1.807, 2.05) is 6.07 Å². The van der Waals surface area contributed by atoms with Crippen molar-refractivity contribution in [3.63, 3.8) is 0 Å². The van der Waals surface area contributed by atoms with Crippen LogP contribution in [0.2, 0.25) is 0 Å². The molecule has 0 fully saturated rings. The van der Waals surface area contributed by atoms with Crippen molar-refractivity contribution >= 4 is 10.8 Å². The minimum Gasteiger partial charge on any atom is -0.486 e. The Bertz CT molecular complexity index is 1010. The quantitative estimate of drug-likeness (QED) is 0.526. The first-order valence-corrected chi connectivity index (χ1v) is 10.2. The summed E-state index contributed by atoms with van der Waals surface area (Å²) in [6.45, 7) is 12.7. The van der Waals surface area contributed by atoms with E-state index in [1.165, 1.54) is 27.5 Å². The highest BCUT2D eigenvalue weighted by molar-refractivity contribution is 5.84. The molecule has 0 atom stereocenters. The second kappa shape index (κ2) is 6.84. The summed E-state index contributed by atoms with van der Waals surface area (Å²) in [5.41, 5.74) is 4.18. The van der Waals surface area contributed by atoms with E-state index in [0.29, 0.717) is 13.2 Å². The Balaban J connectivity index is 1.64. The van der Waals surface area contributed by atoms with Gasteiger partial charge >= 0.3 is 0 Å². The van der Waals surface area contributed by atoms with E-state index < -0.39 is 0 Å². The smallest absolute Gasteiger partial charge is 0.161 e. The maximum absolute atomic E-state index is 5.79. The minimum atomic E-state index is 0.00511. The van der Waals surface area contributed by atoms with Crippen molar-refractivity contribution in [3.8, 4) is 11.5 Å². The van der Waals surface area contributed by atoms with Gasteiger partial charge in [-0.05, 0) is 56.8 Å². The molecule has 0 saturated carbocycles. The van der Waals surface area contributed by atoms with Gasteiger partial charge in [0.15, 0.2) is 11.5 Å². The van der Waals surface area contributed by atoms with Crippen LogP contribution in [0.1, 0.15) is 51.3 Å². The van der Waals surface area contributed by atoms with Crippen LogP contribution in [0.5, 0.6) is 11.5 Å². The predicted molar refractivity (Wildman–Crippen MR) is 117 cm³/mol. The summed E-state index contributed by atoms with van der Waals surface area (Å²) >= 11 is 0. The monoisotopic (exact) mass is 374 g/mol. The van der Waals surface area contributed by atoms with Crippen LogP contribution in [0.4, 0.5) is 0 Å². The Morgan fingerprint density at radius 3 is 2.11 bits per heavy atom. The van der Waals surface area contributed by atoms with Crippen LogP contribution in [0.15, 0.2) is 54.6 Å². The largest absolute Gasteiger partial charge is 0.486 e. The highest BCUT2D eigenvalue weighted by atomic mass is 16.6. The van der Waals surface area contributed by atoms with Gasteiger partial charge in [-0.15, -0.1) is 0 Å². The molecule has 1 aliphatic heterocycles. The molecule has 4 rings (SSSR count). The van der Waals surface area contributed by atoms with Crippen LogP contribution < -0.4 is 9.47 Å². The Morgan fingerprint density at radius 1 is 0.679 bits per heavy atom. The first-order chi connectivity index (χ1) is 13.2. The summed E-state index contributed by atoms with van der Waals surface area (Å²) in [4.78, 5) is 0. The Kier molecular flexibility index (Phi) is 4.61. The van der Waals surface area contributed by atoms with E-state index in [0.717, 1.165) is 17.9 Å². The van der Waals surface area contributed by atoms with E-state index in [-0.39, 0.29) is 10.8 Å². The second-order valence-corrected chi connectivity index (χ2v) is 9.57. The molecule has 1 aliphatic rings. The SMILES string of the molecule is CC(C)(C)c1ccc2ccc(CC(C)(C)c3ccc4c(c3)OCCO4)cc2c1. The molecule has 0 amide bonds. The molecule has 3 aromatic rings. The lowest BCUT2D eigenvalue weighted by molar-refractivity contribution is 0.171. The third kappa shape index (κ3) is 3.73. The fourth-order valence-corrected chi connectivity index (χ4v) is 3.95. The molecule has 146 valence electrons. The number of fused-ring (bicyclic) bond motifs is 2. The first-order valence-electron chi connectivity index (χ1n) is 10.2. The average molecular weight is 375 g/mol. The van der Waals surface area contributed by atoms with Gasteiger partial charge in [0.05, 0.1) is 0 Å². The van der Waals surface area contributed by atoms with Crippen molar-refractivity contribution in [3.05, 3.63) is 71.3 Å². The molecule has 0 radical (unpaired) electrons. The lowest BCUT2D eigenvalue weighted by Crippen LogP contribution is -2.22. The fraction of sp³-hybridized carbons (Fsp3) is 0.385. The topological polar surface area (TPSA) is 18.5 Å². The molecule has 28 heavy (non-hydrogen) atoms. The van der Waals surface area contributed by atoms with Gasteiger partial charge in [-0.1, -0.05) is 77.1 Å². The number of benzene rings is 3. The van der Waals surface area contributed by atoms with E-state index in [2.05, 4.69) is 83.1 Å². The third-order valence-corrected chi connectivity index (χ3v) is 5.74. The standard InChI is InChI=1S/C26H30O2/c1-25(2,3)21-9-8-19-7-6-18(14-20(19)15-21)17-26(4,5)22-10-11-23-24(16-22)28-13-12-27-23/h6-11,14-16H,12-13,17H2,1-5H3. The van der Waals surface area contributed by atoms with Gasteiger partial charge in [-0.25, -0.2) is 0 Å². The first kappa shape index (κ1) is 18.9. The van der Waals surface area contributed by atoms with Gasteiger partial charge in [-0.2, -0.15) is 0 Å². The van der Waals surface area contributed by atoms with Gasteiger partial charge in [-0.3, -0.25) is 0 Å². The van der Waals surface area contributed by atoms with Crippen LogP contribution >= 0.6 is 0 Å². The predicted octanol–water partition coefficient (Wildman–Crippen LogP) is 6.43. The fourth-order valence-electron chi connectivity index (χ4n) is 3.95. The summed E-state index contributed by atoms with van der Waals surface area (Å²) in [6.07, 6.45) is 0.975. The van der Waals surface area contributed by atoms with Gasteiger partial charge in [0.2, 0.25) is 0 Å². The van der Waals surface area contributed by atoms with Crippen molar-refractivity contribution in [2.24, 2.45) is 0 Å². The Morgan fingerprint density at radius 2 is 1.36 bits per heavy atom. The van der Waals surface area contributed by atoms with E-state index in [4.69, 9.17) is 9.47 Å². The number of ether oxygens (including phenoxy) is 2. The van der Waals surface area contributed by atoms with Crippen molar-refractivity contribution in [1.29, 1.82) is 0 Å². The number of rotatable bonds is 3. The zero-order chi connectivity index (χ0) is 19.9. The molecular formula is C26H30O2. The minimum absolute atomic E-state index is 0.00511. The number of hydrogen-bond donors (Lipinski definition) is 0. The van der Waals surface area contributed by atoms with Crippen molar-refractivity contribution in [2.75, 3.05) is 13.2 Å². The molecule has 0 aromatic heterocycles. The Labute approximate surface area is 168 Å². The molecule has 0 bridgehead atoms. The summed E-state index contributed by atoms with van der Waals surface area (Å²) in [5, 5.41) is 2.62. The van der Waals surface area contributed by atoms with Crippen molar-refractivity contribution < 1.29 is 9.47 Å². The summed E-state index contributed by atoms with van der Waals surface area (Å²) in [6, 6.07) is 20.1. The third-order valence-electron chi connectivity index (χ3n) is 5.74. The molecular weight excluding hydrogens is 344 g/mol. The van der Waals surface area contributed by atoms with E-state index in [9.17, 15) is 0 Å². The zero-order valence-corrected chi connectivity index (χ0v) is 17.6. The second-order valence-electron chi connectivity index (χ2n) is 9.57. The molecule has 1 heterocycles. The summed E-state index contributed by atoms with van der Waals surface area (Å²) in [5.74, 6) is 1.72. The summed E-state index contributed by atoms with van der Waals surface area (Å²) < 4.78 is 11.5.